The molecule has 0 radical (unpaired) electrons. The predicted molar refractivity (Wildman–Crippen MR) is 80.4 cm³/mol. The van der Waals surface area contributed by atoms with Gasteiger partial charge >= 0.3 is 0 Å². The Morgan fingerprint density at radius 2 is 2.00 bits per heavy atom. The van der Waals surface area contributed by atoms with Crippen LogP contribution in [0.2, 0.25) is 0 Å². The van der Waals surface area contributed by atoms with Crippen molar-refractivity contribution in [2.45, 2.75) is 26.7 Å². The van der Waals surface area contributed by atoms with Crippen molar-refractivity contribution in [2.75, 3.05) is 18.5 Å². The quantitative estimate of drug-likeness (QED) is 0.342. The van der Waals surface area contributed by atoms with E-state index in [4.69, 9.17) is 15.7 Å². The lowest BCUT2D eigenvalue weighted by Crippen LogP contribution is -2.50. The molecule has 1 fully saturated rings. The summed E-state index contributed by atoms with van der Waals surface area (Å²) in [5.41, 5.74) is 7.73. The lowest BCUT2D eigenvalue weighted by atomic mass is 9.78. The average molecular weight is 291 g/mol. The number of rotatable bonds is 3. The number of aryl methyl sites for hydroxylation is 2. The number of nitrogens with two attached hydrogens (primary N) is 1. The molecule has 0 unspecified atom stereocenters. The largest absolute Gasteiger partial charge is 0.409 e. The van der Waals surface area contributed by atoms with Gasteiger partial charge in [-0.3, -0.25) is 4.79 Å². The normalized spacial score (nSPS) is 18.3. The minimum Gasteiger partial charge on any atom is -0.409 e. The molecule has 114 valence electrons. The fourth-order valence-corrected chi connectivity index (χ4v) is 2.49. The highest BCUT2D eigenvalue weighted by Crippen LogP contribution is 2.32. The average Bonchev–Trinajstić information content (AvgIpc) is 2.50. The van der Waals surface area contributed by atoms with E-state index < -0.39 is 5.41 Å². The lowest BCUT2D eigenvalue weighted by molar-refractivity contribution is -0.126. The van der Waals surface area contributed by atoms with Gasteiger partial charge in [-0.15, -0.1) is 0 Å². The van der Waals surface area contributed by atoms with Crippen molar-refractivity contribution in [3.05, 3.63) is 29.3 Å². The first-order chi connectivity index (χ1) is 9.99. The number of oxime groups is 1. The van der Waals surface area contributed by atoms with Crippen molar-refractivity contribution in [2.24, 2.45) is 16.3 Å². The van der Waals surface area contributed by atoms with Gasteiger partial charge in [0.1, 0.15) is 5.41 Å². The molecule has 1 aliphatic rings. The van der Waals surface area contributed by atoms with Crippen molar-refractivity contribution in [1.29, 1.82) is 0 Å². The van der Waals surface area contributed by atoms with Crippen LogP contribution in [-0.2, 0) is 9.53 Å². The number of anilines is 1. The van der Waals surface area contributed by atoms with Gasteiger partial charge in [0.25, 0.3) is 0 Å². The van der Waals surface area contributed by atoms with E-state index >= 15 is 0 Å². The summed E-state index contributed by atoms with van der Waals surface area (Å²) in [6, 6.07) is 5.71. The van der Waals surface area contributed by atoms with Gasteiger partial charge in [-0.05, 0) is 49.9 Å². The summed E-state index contributed by atoms with van der Waals surface area (Å²) in [6.45, 7) is 4.82. The van der Waals surface area contributed by atoms with Gasteiger partial charge in [0.05, 0.1) is 0 Å². The zero-order valence-corrected chi connectivity index (χ0v) is 12.3. The van der Waals surface area contributed by atoms with Crippen LogP contribution in [0.15, 0.2) is 23.4 Å². The van der Waals surface area contributed by atoms with Gasteiger partial charge in [0.2, 0.25) is 5.91 Å². The van der Waals surface area contributed by atoms with Gasteiger partial charge in [-0.25, -0.2) is 0 Å². The Balaban J connectivity index is 2.24. The number of carbonyl (C=O) groups is 1. The minimum absolute atomic E-state index is 0.0628. The van der Waals surface area contributed by atoms with Crippen molar-refractivity contribution in [1.82, 2.24) is 0 Å². The van der Waals surface area contributed by atoms with Crippen LogP contribution in [0.25, 0.3) is 0 Å². The molecule has 6 nitrogen and oxygen atoms in total. The molecule has 0 spiro atoms. The third kappa shape index (κ3) is 3.00. The van der Waals surface area contributed by atoms with Crippen LogP contribution in [-0.4, -0.2) is 30.2 Å². The third-order valence-electron chi connectivity index (χ3n) is 4.14. The second-order valence-electron chi connectivity index (χ2n) is 5.43. The molecular weight excluding hydrogens is 270 g/mol. The van der Waals surface area contributed by atoms with E-state index in [2.05, 4.69) is 10.5 Å². The monoisotopic (exact) mass is 291 g/mol. The standard InChI is InChI=1S/C15H21N3O3/c1-10-3-4-12(9-11(10)2)17-14(19)15(13(16)18-20)5-7-21-8-6-15/h3-4,9,20H,5-8H2,1-2H3,(H2,16,18)(H,17,19). The van der Waals surface area contributed by atoms with Crippen LogP contribution >= 0.6 is 0 Å². The zero-order valence-electron chi connectivity index (χ0n) is 12.3. The topological polar surface area (TPSA) is 96.9 Å². The number of ether oxygens (including phenoxy) is 1. The van der Waals surface area contributed by atoms with Crippen LogP contribution in [0.1, 0.15) is 24.0 Å². The maximum absolute atomic E-state index is 12.6. The first-order valence-electron chi connectivity index (χ1n) is 6.94. The Kier molecular flexibility index (Phi) is 4.47. The zero-order chi connectivity index (χ0) is 15.5. The highest BCUT2D eigenvalue weighted by Gasteiger charge is 2.44. The van der Waals surface area contributed by atoms with Crippen molar-refractivity contribution in [3.8, 4) is 0 Å². The van der Waals surface area contributed by atoms with Crippen LogP contribution in [0.5, 0.6) is 0 Å². The van der Waals surface area contributed by atoms with Crippen molar-refractivity contribution < 1.29 is 14.7 Å². The van der Waals surface area contributed by atoms with E-state index in [-0.39, 0.29) is 11.7 Å². The SMILES string of the molecule is Cc1ccc(NC(=O)C2(C(N)=NO)CCOCC2)cc1C. The summed E-state index contributed by atoms with van der Waals surface area (Å²) in [6.07, 6.45) is 0.805. The maximum atomic E-state index is 12.6. The molecule has 0 aliphatic carbocycles. The van der Waals surface area contributed by atoms with Crippen LogP contribution in [0.3, 0.4) is 0 Å². The number of amidine groups is 1. The fraction of sp³-hybridized carbons (Fsp3) is 0.467. The molecule has 4 N–H and O–H groups in total. The Labute approximate surface area is 124 Å². The summed E-state index contributed by atoms with van der Waals surface area (Å²) < 4.78 is 5.28. The smallest absolute Gasteiger partial charge is 0.238 e. The number of hydrogen-bond acceptors (Lipinski definition) is 4. The summed E-state index contributed by atoms with van der Waals surface area (Å²) in [4.78, 5) is 12.6. The number of amides is 1. The molecule has 0 saturated carbocycles. The molecule has 21 heavy (non-hydrogen) atoms. The molecule has 0 bridgehead atoms. The molecule has 2 rings (SSSR count). The molecule has 1 aromatic rings. The van der Waals surface area contributed by atoms with E-state index in [1.807, 2.05) is 32.0 Å². The Morgan fingerprint density at radius 1 is 1.33 bits per heavy atom. The van der Waals surface area contributed by atoms with E-state index in [1.54, 1.807) is 0 Å². The van der Waals surface area contributed by atoms with Crippen molar-refractivity contribution in [3.63, 3.8) is 0 Å². The van der Waals surface area contributed by atoms with Gasteiger partial charge in [-0.1, -0.05) is 11.2 Å². The molecule has 1 heterocycles. The first kappa shape index (κ1) is 15.3. The van der Waals surface area contributed by atoms with Gasteiger partial charge in [0.15, 0.2) is 5.84 Å². The number of nitrogens with zero attached hydrogens (tertiary/aromatic N) is 1. The molecule has 1 saturated heterocycles. The Bertz CT molecular complexity index is 563. The van der Waals surface area contributed by atoms with E-state index in [0.29, 0.717) is 31.7 Å². The molecule has 0 atom stereocenters. The number of benzene rings is 1. The molecule has 0 aromatic heterocycles. The van der Waals surface area contributed by atoms with E-state index in [0.717, 1.165) is 11.1 Å². The molecule has 1 amide bonds. The fourth-order valence-electron chi connectivity index (χ4n) is 2.49. The van der Waals surface area contributed by atoms with Crippen LogP contribution < -0.4 is 11.1 Å². The number of carbonyl (C=O) groups excluding carboxylic acids is 1. The Hall–Kier alpha value is -2.08. The molecule has 6 heteroatoms. The predicted octanol–water partition coefficient (Wildman–Crippen LogP) is 1.79. The second-order valence-corrected chi connectivity index (χ2v) is 5.43. The molecule has 1 aromatic carbocycles. The van der Waals surface area contributed by atoms with Crippen LogP contribution in [0, 0.1) is 19.3 Å². The first-order valence-corrected chi connectivity index (χ1v) is 6.94. The number of nitrogens with one attached hydrogen (secondary N) is 1. The summed E-state index contributed by atoms with van der Waals surface area (Å²) in [5, 5.41) is 14.9. The Morgan fingerprint density at radius 3 is 2.57 bits per heavy atom. The van der Waals surface area contributed by atoms with E-state index in [9.17, 15) is 4.79 Å². The molecular formula is C15H21N3O3. The highest BCUT2D eigenvalue weighted by atomic mass is 16.5. The third-order valence-corrected chi connectivity index (χ3v) is 4.14. The summed E-state index contributed by atoms with van der Waals surface area (Å²) in [5.74, 6) is -0.323. The number of hydrogen-bond donors (Lipinski definition) is 3. The summed E-state index contributed by atoms with van der Waals surface area (Å²) >= 11 is 0. The lowest BCUT2D eigenvalue weighted by Gasteiger charge is -2.34. The maximum Gasteiger partial charge on any atom is 0.238 e. The minimum atomic E-state index is -1.01. The van der Waals surface area contributed by atoms with Crippen molar-refractivity contribution >= 4 is 17.4 Å². The van der Waals surface area contributed by atoms with Gasteiger partial charge < -0.3 is 21.0 Å². The molecule has 1 aliphatic heterocycles. The van der Waals surface area contributed by atoms with E-state index in [1.165, 1.54) is 0 Å². The summed E-state index contributed by atoms with van der Waals surface area (Å²) in [7, 11) is 0. The second kappa shape index (κ2) is 6.13. The van der Waals surface area contributed by atoms with Gasteiger partial charge in [-0.2, -0.15) is 0 Å². The highest BCUT2D eigenvalue weighted by molar-refractivity contribution is 6.12. The van der Waals surface area contributed by atoms with Gasteiger partial charge in [0, 0.05) is 18.9 Å². The van der Waals surface area contributed by atoms with Crippen LogP contribution in [0.4, 0.5) is 5.69 Å².